The average molecular weight is 753 g/mol. The lowest BCUT2D eigenvalue weighted by molar-refractivity contribution is -0.00787. The Morgan fingerprint density at radius 2 is 1.45 bits per heavy atom. The van der Waals surface area contributed by atoms with E-state index in [0.29, 0.717) is 17.1 Å². The third-order valence-electron chi connectivity index (χ3n) is 11.1. The maximum Gasteiger partial charge on any atom is 0.192 e. The van der Waals surface area contributed by atoms with E-state index in [1.54, 1.807) is 7.11 Å². The smallest absolute Gasteiger partial charge is 0.192 e. The van der Waals surface area contributed by atoms with E-state index in [9.17, 15) is 5.11 Å². The van der Waals surface area contributed by atoms with Crippen molar-refractivity contribution >= 4 is 40.2 Å². The third kappa shape index (κ3) is 14.8. The Kier molecular flexibility index (Phi) is 18.4. The van der Waals surface area contributed by atoms with E-state index < -0.39 is 22.7 Å². The van der Waals surface area contributed by atoms with Crippen LogP contribution >= 0.6 is 23.5 Å². The highest BCUT2D eigenvalue weighted by atomic mass is 32.2. The molecule has 0 aromatic heterocycles. The number of hydrogen-bond donors (Lipinski definition) is 1. The Morgan fingerprint density at radius 1 is 0.898 bits per heavy atom. The van der Waals surface area contributed by atoms with Gasteiger partial charge in [-0.15, -0.1) is 29.4 Å². The summed E-state index contributed by atoms with van der Waals surface area (Å²) in [6.07, 6.45) is 5.15. The van der Waals surface area contributed by atoms with E-state index in [-0.39, 0.29) is 34.3 Å². The van der Waals surface area contributed by atoms with Crippen molar-refractivity contribution in [1.82, 2.24) is 0 Å². The van der Waals surface area contributed by atoms with Crippen LogP contribution in [0.2, 0.25) is 36.3 Å². The van der Waals surface area contributed by atoms with Gasteiger partial charge in [-0.05, 0) is 103 Å². The first-order chi connectivity index (χ1) is 22.7. The van der Waals surface area contributed by atoms with E-state index in [2.05, 4.69) is 136 Å². The van der Waals surface area contributed by atoms with E-state index in [4.69, 9.17) is 18.3 Å². The molecule has 0 aliphatic carbocycles. The fourth-order valence-electron chi connectivity index (χ4n) is 5.28. The minimum absolute atomic E-state index is 0.00141. The van der Waals surface area contributed by atoms with Crippen LogP contribution < -0.4 is 4.74 Å². The van der Waals surface area contributed by atoms with Gasteiger partial charge in [0, 0.05) is 12.3 Å². The maximum atomic E-state index is 11.4. The summed E-state index contributed by atoms with van der Waals surface area (Å²) in [6, 6.07) is 8.11. The molecular weight excluding hydrogens is 681 g/mol. The molecule has 1 fully saturated rings. The van der Waals surface area contributed by atoms with Gasteiger partial charge < -0.3 is 23.4 Å². The lowest BCUT2D eigenvalue weighted by atomic mass is 9.93. The Bertz CT molecular complexity index is 1150. The van der Waals surface area contributed by atoms with Gasteiger partial charge in [0.1, 0.15) is 11.9 Å². The van der Waals surface area contributed by atoms with E-state index in [0.717, 1.165) is 43.4 Å². The maximum absolute atomic E-state index is 11.4. The van der Waals surface area contributed by atoms with Crippen molar-refractivity contribution in [3.05, 3.63) is 29.8 Å². The molecule has 0 unspecified atom stereocenters. The average Bonchev–Trinajstić information content (AvgIpc) is 3.03. The van der Waals surface area contributed by atoms with Crippen LogP contribution in [0.25, 0.3) is 0 Å². The SMILES string of the molecule is CC[C@H](C[C@H](O[Si](C)(C)C(C)(C)C)[C@@H](C)CCC#C[C@H](O)[C@H](C)[C@H](CC1SCCCS1)O[Si](C)(C)C(C)(C)C)OCc1ccc(OC)cc1. The molecule has 1 aliphatic heterocycles. The highest BCUT2D eigenvalue weighted by Gasteiger charge is 2.42. The monoisotopic (exact) mass is 752 g/mol. The molecule has 1 saturated heterocycles. The summed E-state index contributed by atoms with van der Waals surface area (Å²) >= 11 is 4.11. The minimum atomic E-state index is -2.01. The molecule has 1 heterocycles. The number of methoxy groups -OCH3 is 1. The normalized spacial score (nSPS) is 18.9. The molecular formula is C40H72O5S2Si2. The van der Waals surface area contributed by atoms with Gasteiger partial charge in [-0.2, -0.15) is 0 Å². The van der Waals surface area contributed by atoms with Crippen molar-refractivity contribution in [3.63, 3.8) is 0 Å². The molecule has 0 bridgehead atoms. The summed E-state index contributed by atoms with van der Waals surface area (Å²) in [7, 11) is -2.33. The molecule has 1 aliphatic rings. The summed E-state index contributed by atoms with van der Waals surface area (Å²) in [5.74, 6) is 10.2. The lowest BCUT2D eigenvalue weighted by Gasteiger charge is -2.42. The van der Waals surface area contributed by atoms with Crippen LogP contribution in [-0.4, -0.2) is 69.4 Å². The van der Waals surface area contributed by atoms with Gasteiger partial charge in [-0.1, -0.05) is 80.4 Å². The quantitative estimate of drug-likeness (QED) is 0.118. The van der Waals surface area contributed by atoms with Crippen molar-refractivity contribution in [1.29, 1.82) is 0 Å². The largest absolute Gasteiger partial charge is 0.497 e. The standard InChI is InChI=1S/C40H72O5S2Si2/c1-15-33(43-29-32-21-23-34(42-10)24-22-32)27-36(44-48(11,12)39(4,5)6)30(2)19-16-17-20-35(41)31(3)37(28-38-46-25-18-26-47-38)45-49(13,14)40(7,8)9/h21-24,30-31,33,35-38,41H,15-16,18-19,25-29H2,1-14H3/t30-,31-,33+,35-,36-,37-/m0/s1. The number of aliphatic hydroxyl groups excluding tert-OH is 1. The molecule has 0 saturated carbocycles. The molecule has 6 atom stereocenters. The Balaban J connectivity index is 2.12. The molecule has 1 N–H and O–H groups in total. The number of hydrogen-bond acceptors (Lipinski definition) is 7. The third-order valence-corrected chi connectivity index (χ3v) is 23.1. The Morgan fingerprint density at radius 3 is 1.96 bits per heavy atom. The highest BCUT2D eigenvalue weighted by molar-refractivity contribution is 8.17. The van der Waals surface area contributed by atoms with Crippen molar-refractivity contribution < 1.29 is 23.4 Å². The molecule has 1 aromatic carbocycles. The molecule has 49 heavy (non-hydrogen) atoms. The molecule has 2 rings (SSSR count). The second kappa shape index (κ2) is 20.1. The van der Waals surface area contributed by atoms with E-state index in [1.807, 2.05) is 12.1 Å². The number of ether oxygens (including phenoxy) is 2. The molecule has 9 heteroatoms. The van der Waals surface area contributed by atoms with Crippen molar-refractivity contribution in [3.8, 4) is 17.6 Å². The summed E-state index contributed by atoms with van der Waals surface area (Å²) in [5.41, 5.74) is 1.14. The predicted molar refractivity (Wildman–Crippen MR) is 220 cm³/mol. The first-order valence-corrected chi connectivity index (χ1v) is 26.6. The van der Waals surface area contributed by atoms with E-state index in [1.165, 1.54) is 17.9 Å². The van der Waals surface area contributed by atoms with Crippen LogP contribution in [0.4, 0.5) is 0 Å². The van der Waals surface area contributed by atoms with Crippen LogP contribution in [0.3, 0.4) is 0 Å². The first-order valence-electron chi connectivity index (χ1n) is 18.7. The summed E-state index contributed by atoms with van der Waals surface area (Å²) in [5, 5.41) is 11.6. The van der Waals surface area contributed by atoms with Gasteiger partial charge in [0.05, 0.1) is 36.6 Å². The van der Waals surface area contributed by atoms with Gasteiger partial charge >= 0.3 is 0 Å². The topological polar surface area (TPSA) is 57.2 Å². The highest BCUT2D eigenvalue weighted by Crippen LogP contribution is 2.42. The number of aliphatic hydroxyl groups is 1. The Hall–Kier alpha value is -0.446. The number of thioether (sulfide) groups is 2. The van der Waals surface area contributed by atoms with Gasteiger partial charge in [-0.25, -0.2) is 0 Å². The van der Waals surface area contributed by atoms with Crippen molar-refractivity contribution in [2.75, 3.05) is 18.6 Å². The minimum Gasteiger partial charge on any atom is -0.497 e. The lowest BCUT2D eigenvalue weighted by Crippen LogP contribution is -2.47. The zero-order valence-electron chi connectivity index (χ0n) is 33.6. The molecule has 0 spiro atoms. The van der Waals surface area contributed by atoms with Crippen molar-refractivity contribution in [2.24, 2.45) is 11.8 Å². The van der Waals surface area contributed by atoms with Crippen LogP contribution in [0, 0.1) is 23.7 Å². The molecule has 1 aromatic rings. The Labute approximate surface area is 312 Å². The molecule has 0 amide bonds. The second-order valence-electron chi connectivity index (χ2n) is 17.2. The zero-order chi connectivity index (χ0) is 37.0. The van der Waals surface area contributed by atoms with Crippen LogP contribution in [0.5, 0.6) is 5.75 Å². The first kappa shape index (κ1) is 44.7. The fourth-order valence-corrected chi connectivity index (χ4v) is 11.1. The summed E-state index contributed by atoms with van der Waals surface area (Å²) in [4.78, 5) is 0. The molecule has 0 radical (unpaired) electrons. The fraction of sp³-hybridized carbons (Fsp3) is 0.800. The van der Waals surface area contributed by atoms with E-state index >= 15 is 0 Å². The van der Waals surface area contributed by atoms with Gasteiger partial charge in [-0.3, -0.25) is 0 Å². The van der Waals surface area contributed by atoms with Crippen LogP contribution in [0.15, 0.2) is 24.3 Å². The van der Waals surface area contributed by atoms with Gasteiger partial charge in [0.2, 0.25) is 0 Å². The molecule has 5 nitrogen and oxygen atoms in total. The van der Waals surface area contributed by atoms with Crippen molar-refractivity contribution in [2.45, 2.75) is 173 Å². The number of rotatable bonds is 18. The number of benzene rings is 1. The predicted octanol–water partition coefficient (Wildman–Crippen LogP) is 11.2. The zero-order valence-corrected chi connectivity index (χ0v) is 37.2. The second-order valence-corrected chi connectivity index (χ2v) is 29.6. The van der Waals surface area contributed by atoms with Gasteiger partial charge in [0.25, 0.3) is 0 Å². The van der Waals surface area contributed by atoms with Gasteiger partial charge in [0.15, 0.2) is 16.6 Å². The molecule has 282 valence electrons. The van der Waals surface area contributed by atoms with Crippen LogP contribution in [0.1, 0.15) is 106 Å². The summed E-state index contributed by atoms with van der Waals surface area (Å²) < 4.78 is 26.4. The van der Waals surface area contributed by atoms with Crippen LogP contribution in [-0.2, 0) is 20.2 Å². The summed E-state index contributed by atoms with van der Waals surface area (Å²) in [6.45, 7) is 30.3.